The van der Waals surface area contributed by atoms with Gasteiger partial charge in [0.25, 0.3) is 0 Å². The van der Waals surface area contributed by atoms with Crippen LogP contribution in [0, 0.1) is 18.3 Å². The summed E-state index contributed by atoms with van der Waals surface area (Å²) < 4.78 is 25.8. The van der Waals surface area contributed by atoms with Crippen molar-refractivity contribution in [2.75, 3.05) is 4.90 Å². The van der Waals surface area contributed by atoms with E-state index in [0.29, 0.717) is 5.69 Å². The van der Waals surface area contributed by atoms with Crippen LogP contribution in [0.1, 0.15) is 5.56 Å². The predicted molar refractivity (Wildman–Crippen MR) is 88.3 cm³/mol. The lowest BCUT2D eigenvalue weighted by Gasteiger charge is -2.28. The smallest absolute Gasteiger partial charge is 0.220 e. The number of hydrogen-bond donors (Lipinski definition) is 0. The third kappa shape index (κ3) is 2.23. The molecular formula is C16H11BrN2O2S. The Morgan fingerprint density at radius 2 is 1.86 bits per heavy atom. The average Bonchev–Trinajstić information content (AvgIpc) is 2.48. The van der Waals surface area contributed by atoms with Crippen molar-refractivity contribution >= 4 is 37.1 Å². The predicted octanol–water partition coefficient (Wildman–Crippen LogP) is 4.05. The van der Waals surface area contributed by atoms with Crippen LogP contribution >= 0.6 is 15.9 Å². The van der Waals surface area contributed by atoms with E-state index in [-0.39, 0.29) is 9.80 Å². The van der Waals surface area contributed by atoms with E-state index in [1.54, 1.807) is 29.2 Å². The fraction of sp³-hybridized carbons (Fsp3) is 0.0625. The van der Waals surface area contributed by atoms with Crippen LogP contribution in [0.2, 0.25) is 0 Å². The normalized spacial score (nSPS) is 15.7. The first kappa shape index (κ1) is 14.8. The van der Waals surface area contributed by atoms with Crippen molar-refractivity contribution in [1.82, 2.24) is 0 Å². The highest BCUT2D eigenvalue weighted by Gasteiger charge is 2.32. The fourth-order valence-electron chi connectivity index (χ4n) is 2.35. The highest BCUT2D eigenvalue weighted by molar-refractivity contribution is 9.10. The minimum atomic E-state index is -3.76. The van der Waals surface area contributed by atoms with Gasteiger partial charge in [-0.2, -0.15) is 5.26 Å². The second-order valence-electron chi connectivity index (χ2n) is 4.90. The number of rotatable bonds is 1. The molecular weight excluding hydrogens is 364 g/mol. The Morgan fingerprint density at radius 3 is 2.55 bits per heavy atom. The van der Waals surface area contributed by atoms with Gasteiger partial charge in [-0.1, -0.05) is 18.2 Å². The third-order valence-corrected chi connectivity index (χ3v) is 5.79. The molecule has 0 radical (unpaired) electrons. The van der Waals surface area contributed by atoms with E-state index in [0.717, 1.165) is 15.7 Å². The summed E-state index contributed by atoms with van der Waals surface area (Å²) in [6.45, 7) is 1.90. The second-order valence-corrected chi connectivity index (χ2v) is 7.64. The molecule has 0 spiro atoms. The van der Waals surface area contributed by atoms with E-state index in [4.69, 9.17) is 0 Å². The molecule has 0 N–H and O–H groups in total. The summed E-state index contributed by atoms with van der Waals surface area (Å²) in [6, 6.07) is 14.3. The zero-order valence-corrected chi connectivity index (χ0v) is 14.0. The number of hydrogen-bond acceptors (Lipinski definition) is 4. The maximum atomic E-state index is 12.5. The molecule has 6 heteroatoms. The molecule has 2 aromatic rings. The SMILES string of the molecule is Cc1ccc2c(c1)N(c1ccccc1Br)C=C(C#N)S2(=O)=O. The van der Waals surface area contributed by atoms with E-state index in [2.05, 4.69) is 15.9 Å². The highest BCUT2D eigenvalue weighted by atomic mass is 79.9. The first-order chi connectivity index (χ1) is 10.4. The lowest BCUT2D eigenvalue weighted by atomic mass is 10.2. The molecule has 1 heterocycles. The number of para-hydroxylation sites is 1. The van der Waals surface area contributed by atoms with Crippen molar-refractivity contribution < 1.29 is 8.42 Å². The third-order valence-electron chi connectivity index (χ3n) is 3.42. The van der Waals surface area contributed by atoms with E-state index >= 15 is 0 Å². The van der Waals surface area contributed by atoms with Crippen molar-refractivity contribution in [3.8, 4) is 6.07 Å². The Hall–Kier alpha value is -2.10. The molecule has 22 heavy (non-hydrogen) atoms. The van der Waals surface area contributed by atoms with Crippen LogP contribution < -0.4 is 4.90 Å². The number of nitrogens with zero attached hydrogens (tertiary/aromatic N) is 2. The molecule has 1 aliphatic heterocycles. The summed E-state index contributed by atoms with van der Waals surface area (Å²) in [5.74, 6) is 0. The molecule has 0 aliphatic carbocycles. The lowest BCUT2D eigenvalue weighted by molar-refractivity contribution is 0.602. The Kier molecular flexibility index (Phi) is 3.55. The van der Waals surface area contributed by atoms with E-state index in [1.807, 2.05) is 31.2 Å². The summed E-state index contributed by atoms with van der Waals surface area (Å²) in [4.78, 5) is 1.61. The topological polar surface area (TPSA) is 61.2 Å². The summed E-state index contributed by atoms with van der Waals surface area (Å²) in [6.07, 6.45) is 1.37. The number of aryl methyl sites for hydroxylation is 1. The Morgan fingerprint density at radius 1 is 1.14 bits per heavy atom. The molecule has 110 valence electrons. The van der Waals surface area contributed by atoms with Gasteiger partial charge in [0.1, 0.15) is 6.07 Å². The molecule has 1 aliphatic rings. The number of sulfone groups is 1. The van der Waals surface area contributed by atoms with Gasteiger partial charge in [0.15, 0.2) is 4.91 Å². The van der Waals surface area contributed by atoms with E-state index in [9.17, 15) is 13.7 Å². The quantitative estimate of drug-likeness (QED) is 0.755. The summed E-state index contributed by atoms with van der Waals surface area (Å²) in [5, 5.41) is 9.20. The van der Waals surface area contributed by atoms with Crippen molar-refractivity contribution in [1.29, 1.82) is 5.26 Å². The maximum Gasteiger partial charge on any atom is 0.220 e. The van der Waals surface area contributed by atoms with Crippen molar-refractivity contribution in [3.63, 3.8) is 0 Å². The van der Waals surface area contributed by atoms with Gasteiger partial charge in [-0.3, -0.25) is 0 Å². The van der Waals surface area contributed by atoms with E-state index in [1.165, 1.54) is 6.20 Å². The fourth-order valence-corrected chi connectivity index (χ4v) is 4.11. The van der Waals surface area contributed by atoms with Gasteiger partial charge in [0, 0.05) is 10.7 Å². The number of halogens is 1. The Labute approximate surface area is 137 Å². The van der Waals surface area contributed by atoms with Gasteiger partial charge in [-0.25, -0.2) is 8.42 Å². The number of benzene rings is 2. The van der Waals surface area contributed by atoms with Gasteiger partial charge in [0.05, 0.1) is 16.3 Å². The Bertz CT molecular complexity index is 943. The van der Waals surface area contributed by atoms with Gasteiger partial charge >= 0.3 is 0 Å². The van der Waals surface area contributed by atoms with Crippen LogP contribution in [-0.2, 0) is 9.84 Å². The van der Waals surface area contributed by atoms with Crippen LogP contribution in [0.3, 0.4) is 0 Å². The van der Waals surface area contributed by atoms with Crippen molar-refractivity contribution in [2.45, 2.75) is 11.8 Å². The first-order valence-corrected chi connectivity index (χ1v) is 8.74. The molecule has 0 aromatic heterocycles. The molecule has 3 rings (SSSR count). The van der Waals surface area contributed by atoms with Crippen molar-refractivity contribution in [3.05, 3.63) is 63.6 Å². The zero-order chi connectivity index (χ0) is 15.9. The molecule has 0 saturated heterocycles. The molecule has 0 bridgehead atoms. The molecule has 0 unspecified atom stereocenters. The monoisotopic (exact) mass is 374 g/mol. The van der Waals surface area contributed by atoms with Gasteiger partial charge in [-0.15, -0.1) is 0 Å². The molecule has 2 aromatic carbocycles. The first-order valence-electron chi connectivity index (χ1n) is 6.46. The lowest BCUT2D eigenvalue weighted by Crippen LogP contribution is -2.21. The minimum Gasteiger partial charge on any atom is -0.313 e. The molecule has 4 nitrogen and oxygen atoms in total. The van der Waals surface area contributed by atoms with Crippen molar-refractivity contribution in [2.24, 2.45) is 0 Å². The standard InChI is InChI=1S/C16H11BrN2O2S/c1-11-6-7-16-15(8-11)19(10-12(9-18)22(16,20)21)14-5-3-2-4-13(14)17/h2-8,10H,1H3. The highest BCUT2D eigenvalue weighted by Crippen LogP contribution is 2.41. The van der Waals surface area contributed by atoms with Crippen LogP contribution in [0.25, 0.3) is 0 Å². The molecule has 0 fully saturated rings. The zero-order valence-electron chi connectivity index (χ0n) is 11.6. The van der Waals surface area contributed by atoms with Gasteiger partial charge in [-0.05, 0) is 52.7 Å². The largest absolute Gasteiger partial charge is 0.313 e. The number of anilines is 2. The van der Waals surface area contributed by atoms with Crippen LogP contribution in [-0.4, -0.2) is 8.42 Å². The van der Waals surface area contributed by atoms with Crippen LogP contribution in [0.5, 0.6) is 0 Å². The molecule has 0 atom stereocenters. The second kappa shape index (κ2) is 5.27. The average molecular weight is 375 g/mol. The van der Waals surface area contributed by atoms with Crippen LogP contribution in [0.4, 0.5) is 11.4 Å². The van der Waals surface area contributed by atoms with Crippen LogP contribution in [0.15, 0.2) is 62.9 Å². The Balaban J connectivity index is 2.35. The van der Waals surface area contributed by atoms with Gasteiger partial charge in [0.2, 0.25) is 9.84 Å². The maximum absolute atomic E-state index is 12.5. The van der Waals surface area contributed by atoms with E-state index < -0.39 is 9.84 Å². The molecule has 0 saturated carbocycles. The number of nitriles is 1. The summed E-state index contributed by atoms with van der Waals surface area (Å²) in [7, 11) is -3.76. The summed E-state index contributed by atoms with van der Waals surface area (Å²) in [5.41, 5.74) is 2.27. The molecule has 0 amide bonds. The van der Waals surface area contributed by atoms with Gasteiger partial charge < -0.3 is 4.90 Å². The number of allylic oxidation sites excluding steroid dienone is 1. The summed E-state index contributed by atoms with van der Waals surface area (Å²) >= 11 is 3.47. The number of fused-ring (bicyclic) bond motifs is 1. The minimum absolute atomic E-state index is 0.146.